The summed E-state index contributed by atoms with van der Waals surface area (Å²) >= 11 is 3.35. The summed E-state index contributed by atoms with van der Waals surface area (Å²) in [4.78, 5) is 11.0. The molecule has 3 rings (SSSR count). The molecule has 7 nitrogen and oxygen atoms in total. The van der Waals surface area contributed by atoms with E-state index in [9.17, 15) is 4.79 Å². The maximum Gasteiger partial charge on any atom is 0.316 e. The molecule has 2 aromatic rings. The lowest BCUT2D eigenvalue weighted by atomic mass is 9.92. The highest BCUT2D eigenvalue weighted by Gasteiger charge is 2.33. The number of anilines is 1. The second-order valence-corrected chi connectivity index (χ2v) is 9.90. The van der Waals surface area contributed by atoms with Crippen molar-refractivity contribution >= 4 is 46.3 Å². The molecule has 0 bridgehead atoms. The highest BCUT2D eigenvalue weighted by Crippen LogP contribution is 2.38. The van der Waals surface area contributed by atoms with E-state index in [1.165, 1.54) is 11.9 Å². The van der Waals surface area contributed by atoms with Gasteiger partial charge in [-0.3, -0.25) is 15.1 Å². The Hall–Kier alpha value is -1.42. The largest absolute Gasteiger partial charge is 0.351 e. The molecule has 0 radical (unpaired) electrons. The highest BCUT2D eigenvalue weighted by atomic mass is 32.2. The van der Waals surface area contributed by atoms with Gasteiger partial charge >= 0.3 is 6.03 Å². The van der Waals surface area contributed by atoms with Gasteiger partial charge in [-0.1, -0.05) is 65.6 Å². The minimum atomic E-state index is -0.562. The Balaban J connectivity index is 0.000000284. The number of aryl methyl sites for hydroxylation is 2. The van der Waals surface area contributed by atoms with Crippen LogP contribution in [0.25, 0.3) is 10.9 Å². The molecule has 9 heteroatoms. The summed E-state index contributed by atoms with van der Waals surface area (Å²) in [7, 11) is 1.85. The minimum absolute atomic E-state index is 0.391. The topological polar surface area (TPSA) is 111 Å². The van der Waals surface area contributed by atoms with Crippen LogP contribution >= 0.6 is 23.7 Å². The van der Waals surface area contributed by atoms with Crippen molar-refractivity contribution in [1.82, 2.24) is 15.1 Å². The Kier molecular flexibility index (Phi) is 10.3. The fourth-order valence-corrected chi connectivity index (χ4v) is 4.79. The van der Waals surface area contributed by atoms with Crippen LogP contribution in [0.2, 0.25) is 0 Å². The van der Waals surface area contributed by atoms with Crippen LogP contribution in [0.15, 0.2) is 18.3 Å². The Morgan fingerprint density at radius 3 is 2.52 bits per heavy atom. The molecule has 2 heterocycles. The molecule has 29 heavy (non-hydrogen) atoms. The second-order valence-electron chi connectivity index (χ2n) is 7.55. The molecule has 1 fully saturated rings. The number of urea groups is 1. The van der Waals surface area contributed by atoms with Crippen LogP contribution < -0.4 is 21.5 Å². The zero-order valence-corrected chi connectivity index (χ0v) is 20.2. The third-order valence-electron chi connectivity index (χ3n) is 4.36. The predicted octanol–water partition coefficient (Wildman–Crippen LogP) is 4.28. The minimum Gasteiger partial charge on any atom is -0.351 e. The van der Waals surface area contributed by atoms with Crippen LogP contribution in [0.1, 0.15) is 47.1 Å². The number of amides is 2. The lowest BCUT2D eigenvalue weighted by Crippen LogP contribution is -2.27. The number of thioether (sulfide) groups is 1. The van der Waals surface area contributed by atoms with Gasteiger partial charge in [0.05, 0.1) is 5.69 Å². The number of nitrogens with one attached hydrogen (secondary N) is 2. The fourth-order valence-electron chi connectivity index (χ4n) is 2.85. The number of hydrogen-bond acceptors (Lipinski definition) is 6. The fraction of sp³-hybridized carbons (Fsp3) is 0.600. The summed E-state index contributed by atoms with van der Waals surface area (Å²) in [6.45, 7) is 13.9. The summed E-state index contributed by atoms with van der Waals surface area (Å²) < 4.78 is 2.12. The zero-order chi connectivity index (χ0) is 22.2. The number of rotatable bonds is 3. The standard InChI is InChI=1S/C11H14N4O.C7H16N2S2.C2H6/c1-3-7-4-5-8-6-15(2)14-10(8)9(7)13-11(12)16;1-7(2,3)5-4-9-6(10-5)11-8;1-2/h4-6H,3H2,1-2H3,(H3,12,13,16);5-6,9H,4,8H2,1-3H3;1-2H3. The van der Waals surface area contributed by atoms with Crippen LogP contribution in [0, 0.1) is 5.41 Å². The molecule has 0 spiro atoms. The molecular weight excluding hydrogens is 404 g/mol. The average Bonchev–Trinajstić information content (AvgIpc) is 3.29. The first-order chi connectivity index (χ1) is 13.7. The maximum atomic E-state index is 11.0. The van der Waals surface area contributed by atoms with Crippen molar-refractivity contribution in [2.45, 2.75) is 57.9 Å². The van der Waals surface area contributed by atoms with Gasteiger partial charge in [-0.25, -0.2) is 4.79 Å². The van der Waals surface area contributed by atoms with E-state index in [-0.39, 0.29) is 0 Å². The number of hydrogen-bond donors (Lipinski definition) is 4. The Morgan fingerprint density at radius 2 is 2.07 bits per heavy atom. The van der Waals surface area contributed by atoms with E-state index in [1.54, 1.807) is 4.68 Å². The van der Waals surface area contributed by atoms with E-state index < -0.39 is 6.03 Å². The number of nitrogens with zero attached hydrogens (tertiary/aromatic N) is 2. The van der Waals surface area contributed by atoms with Gasteiger partial charge in [0.15, 0.2) is 0 Å². The zero-order valence-electron chi connectivity index (χ0n) is 18.6. The van der Waals surface area contributed by atoms with Crippen LogP contribution in [0.5, 0.6) is 0 Å². The number of aromatic nitrogens is 2. The van der Waals surface area contributed by atoms with Gasteiger partial charge in [0.25, 0.3) is 0 Å². The Morgan fingerprint density at radius 1 is 1.41 bits per heavy atom. The predicted molar refractivity (Wildman–Crippen MR) is 129 cm³/mol. The van der Waals surface area contributed by atoms with E-state index in [0.29, 0.717) is 21.1 Å². The number of carbonyl (C=O) groups excluding carboxylic acids is 1. The molecule has 2 unspecified atom stereocenters. The van der Waals surface area contributed by atoms with Gasteiger partial charge in [-0.2, -0.15) is 5.10 Å². The molecule has 2 atom stereocenters. The summed E-state index contributed by atoms with van der Waals surface area (Å²) in [5, 5.41) is 17.5. The first-order valence-electron chi connectivity index (χ1n) is 9.91. The molecule has 1 aliphatic heterocycles. The molecule has 2 amide bonds. The number of carbonyl (C=O) groups is 1. The van der Waals surface area contributed by atoms with Crippen LogP contribution in [0.3, 0.4) is 0 Å². The Bertz CT molecular complexity index is 787. The van der Waals surface area contributed by atoms with E-state index in [2.05, 4.69) is 36.5 Å². The molecular formula is C20H36N6OS2. The summed E-state index contributed by atoms with van der Waals surface area (Å²) in [5.74, 6) is 0. The van der Waals surface area contributed by atoms with Crippen LogP contribution in [-0.4, -0.2) is 32.3 Å². The van der Waals surface area contributed by atoms with E-state index >= 15 is 0 Å². The van der Waals surface area contributed by atoms with E-state index in [4.69, 9.17) is 10.9 Å². The van der Waals surface area contributed by atoms with Crippen molar-refractivity contribution in [2.24, 2.45) is 23.3 Å². The summed E-state index contributed by atoms with van der Waals surface area (Å²) in [6.07, 6.45) is 2.73. The van der Waals surface area contributed by atoms with Gasteiger partial charge < -0.3 is 11.1 Å². The monoisotopic (exact) mass is 440 g/mol. The second kappa shape index (κ2) is 11.7. The third kappa shape index (κ3) is 7.40. The smallest absolute Gasteiger partial charge is 0.316 e. The molecule has 164 valence electrons. The first kappa shape index (κ1) is 25.6. The third-order valence-corrected chi connectivity index (χ3v) is 7.05. The van der Waals surface area contributed by atoms with Crippen molar-refractivity contribution < 1.29 is 4.79 Å². The molecule has 6 N–H and O–H groups in total. The Labute approximate surface area is 183 Å². The van der Waals surface area contributed by atoms with Gasteiger partial charge in [0.2, 0.25) is 0 Å². The normalized spacial score (nSPS) is 18.5. The highest BCUT2D eigenvalue weighted by molar-refractivity contribution is 8.16. The first-order valence-corrected chi connectivity index (χ1v) is 11.8. The van der Waals surface area contributed by atoms with Gasteiger partial charge in [-0.15, -0.1) is 11.8 Å². The quantitative estimate of drug-likeness (QED) is 0.530. The molecule has 1 saturated heterocycles. The lowest BCUT2D eigenvalue weighted by molar-refractivity contribution is 0.259. The van der Waals surface area contributed by atoms with Crippen LogP contribution in [0.4, 0.5) is 10.5 Å². The van der Waals surface area contributed by atoms with Crippen molar-refractivity contribution in [2.75, 3.05) is 11.9 Å². The van der Waals surface area contributed by atoms with Crippen molar-refractivity contribution in [3.05, 3.63) is 23.9 Å². The average molecular weight is 441 g/mol. The maximum absolute atomic E-state index is 11.0. The summed E-state index contributed by atoms with van der Waals surface area (Å²) in [6, 6.07) is 3.41. The van der Waals surface area contributed by atoms with E-state index in [0.717, 1.165) is 29.4 Å². The molecule has 1 aliphatic rings. The number of benzene rings is 1. The van der Waals surface area contributed by atoms with Gasteiger partial charge in [0, 0.05) is 30.4 Å². The summed E-state index contributed by atoms with van der Waals surface area (Å²) in [5.41, 5.74) is 8.08. The van der Waals surface area contributed by atoms with Gasteiger partial charge in [0.1, 0.15) is 10.2 Å². The molecule has 1 aromatic heterocycles. The van der Waals surface area contributed by atoms with Crippen molar-refractivity contribution in [3.8, 4) is 0 Å². The number of primary amides is 1. The number of fused-ring (bicyclic) bond motifs is 1. The molecule has 1 aromatic carbocycles. The number of nitrogens with two attached hydrogens (primary N) is 2. The van der Waals surface area contributed by atoms with E-state index in [1.807, 2.05) is 57.9 Å². The molecule has 0 aliphatic carbocycles. The van der Waals surface area contributed by atoms with Crippen LogP contribution in [-0.2, 0) is 13.5 Å². The molecule has 0 saturated carbocycles. The van der Waals surface area contributed by atoms with Gasteiger partial charge in [-0.05, 0) is 17.4 Å². The lowest BCUT2D eigenvalue weighted by Gasteiger charge is -2.25. The SMILES string of the molecule is CC.CC(C)(C)C1CNC(SN)S1.CCc1ccc2cn(C)nc2c1NC(N)=O. The van der Waals surface area contributed by atoms with Crippen molar-refractivity contribution in [1.29, 1.82) is 0 Å². The van der Waals surface area contributed by atoms with Crippen molar-refractivity contribution in [3.63, 3.8) is 0 Å².